The molecule has 0 saturated carbocycles. The maximum Gasteiger partial charge on any atom is 0.303 e. The lowest BCUT2D eigenvalue weighted by atomic mass is 10.1. The first kappa shape index (κ1) is 40.2. The van der Waals surface area contributed by atoms with E-state index in [0.717, 1.165) is 39.5 Å². The molecule has 0 heterocycles. The maximum atomic E-state index is 14.3. The molecule has 1 aromatic carbocycles. The number of amides is 3. The number of nitrogens with one attached hydrogen (secondary N) is 1. The van der Waals surface area contributed by atoms with E-state index in [0.29, 0.717) is 0 Å². The van der Waals surface area contributed by atoms with E-state index in [-0.39, 0.29) is 27.5 Å². The van der Waals surface area contributed by atoms with Crippen molar-refractivity contribution in [2.75, 3.05) is 38.2 Å². The molecule has 3 N–H and O–H groups in total. The zero-order chi connectivity index (χ0) is 34.6. The molecule has 0 aliphatic heterocycles. The molecular formula is C26H30I3N3O13. The Morgan fingerprint density at radius 1 is 0.667 bits per heavy atom. The Kier molecular flexibility index (Phi) is 16.9. The molecular weight excluding hydrogens is 943 g/mol. The highest BCUT2D eigenvalue weighted by Gasteiger charge is 2.33. The zero-order valence-corrected chi connectivity index (χ0v) is 31.1. The smallest absolute Gasteiger partial charge is 0.303 e. The second kappa shape index (κ2) is 19.0. The average Bonchev–Trinajstić information content (AvgIpc) is 2.90. The summed E-state index contributed by atoms with van der Waals surface area (Å²) in [6.07, 6.45) is -2.42. The molecule has 248 valence electrons. The molecule has 0 spiro atoms. The summed E-state index contributed by atoms with van der Waals surface area (Å²) in [6.45, 7) is 3.15. The second-order valence-corrected chi connectivity index (χ2v) is 12.3. The predicted octanol–water partition coefficient (Wildman–Crippen LogP) is 1.53. The number of primary amides is 1. The monoisotopic (exact) mass is 973 g/mol. The minimum atomic E-state index is -1.21. The number of halogens is 3. The molecule has 2 atom stereocenters. The van der Waals surface area contributed by atoms with Gasteiger partial charge in [0.05, 0.1) is 37.0 Å². The van der Waals surface area contributed by atoms with Gasteiger partial charge < -0.3 is 39.6 Å². The van der Waals surface area contributed by atoms with Crippen LogP contribution in [0.2, 0.25) is 0 Å². The molecule has 1 rings (SSSR count). The Morgan fingerprint density at radius 3 is 1.47 bits per heavy atom. The Balaban J connectivity index is 3.84. The Bertz CT molecular complexity index is 1330. The highest BCUT2D eigenvalue weighted by molar-refractivity contribution is 14.1. The molecule has 0 bridgehead atoms. The van der Waals surface area contributed by atoms with Crippen LogP contribution in [0.3, 0.4) is 0 Å². The maximum absolute atomic E-state index is 14.3. The molecule has 1 aromatic rings. The first-order valence-corrected chi connectivity index (χ1v) is 15.9. The Morgan fingerprint density at radius 2 is 1.09 bits per heavy atom. The van der Waals surface area contributed by atoms with E-state index in [4.69, 9.17) is 29.4 Å². The van der Waals surface area contributed by atoms with Gasteiger partial charge in [-0.2, -0.15) is 0 Å². The normalized spacial score (nSPS) is 11.7. The van der Waals surface area contributed by atoms with Crippen molar-refractivity contribution in [3.63, 3.8) is 0 Å². The number of hydrogen-bond donors (Lipinski definition) is 2. The van der Waals surface area contributed by atoms with Gasteiger partial charge in [-0.1, -0.05) is 0 Å². The fraction of sp³-hybridized carbons (Fsp3) is 0.462. The van der Waals surface area contributed by atoms with E-state index in [1.54, 1.807) is 67.8 Å². The van der Waals surface area contributed by atoms with Gasteiger partial charge >= 0.3 is 29.8 Å². The molecule has 0 radical (unpaired) electrons. The number of anilines is 1. The van der Waals surface area contributed by atoms with Gasteiger partial charge in [0.25, 0.3) is 17.7 Å². The first-order valence-electron chi connectivity index (χ1n) is 12.7. The average molecular weight is 973 g/mol. The van der Waals surface area contributed by atoms with Gasteiger partial charge in [0.1, 0.15) is 13.2 Å². The van der Waals surface area contributed by atoms with Crippen molar-refractivity contribution in [3.05, 3.63) is 21.8 Å². The van der Waals surface area contributed by atoms with Crippen LogP contribution in [0.5, 0.6) is 0 Å². The van der Waals surface area contributed by atoms with E-state index in [1.165, 1.54) is 0 Å². The number of benzene rings is 1. The van der Waals surface area contributed by atoms with Crippen LogP contribution in [0.15, 0.2) is 0 Å². The first-order chi connectivity index (χ1) is 20.8. The molecule has 45 heavy (non-hydrogen) atoms. The van der Waals surface area contributed by atoms with Crippen LogP contribution in [0, 0.1) is 10.7 Å². The summed E-state index contributed by atoms with van der Waals surface area (Å²) in [5.41, 5.74) is 5.41. The van der Waals surface area contributed by atoms with Gasteiger partial charge in [-0.05, 0) is 67.8 Å². The van der Waals surface area contributed by atoms with Gasteiger partial charge in [-0.25, -0.2) is 0 Å². The van der Waals surface area contributed by atoms with Gasteiger partial charge in [0, 0.05) is 38.2 Å². The largest absolute Gasteiger partial charge is 0.462 e. The summed E-state index contributed by atoms with van der Waals surface area (Å²) in [7, 11) is 0. The van der Waals surface area contributed by atoms with Crippen molar-refractivity contribution < 1.29 is 62.0 Å². The van der Waals surface area contributed by atoms with Crippen molar-refractivity contribution in [3.8, 4) is 0 Å². The summed E-state index contributed by atoms with van der Waals surface area (Å²) in [5.74, 6) is -6.16. The Labute approximate surface area is 298 Å². The molecule has 0 aromatic heterocycles. The van der Waals surface area contributed by atoms with Crippen LogP contribution in [0.25, 0.3) is 0 Å². The molecule has 0 fully saturated rings. The van der Waals surface area contributed by atoms with Gasteiger partial charge in [0.2, 0.25) is 0 Å². The number of nitrogens with zero attached hydrogens (tertiary/aromatic N) is 1. The Hall–Kier alpha value is -2.83. The summed E-state index contributed by atoms with van der Waals surface area (Å²) >= 11 is 5.28. The van der Waals surface area contributed by atoms with Crippen LogP contribution in [0.4, 0.5) is 5.69 Å². The van der Waals surface area contributed by atoms with E-state index >= 15 is 0 Å². The van der Waals surface area contributed by atoms with Crippen molar-refractivity contribution in [2.45, 2.75) is 46.8 Å². The molecule has 0 saturated heterocycles. The van der Waals surface area contributed by atoms with Crippen molar-refractivity contribution >= 4 is 121 Å². The molecule has 0 aliphatic rings. The summed E-state index contributed by atoms with van der Waals surface area (Å²) in [6, 6.07) is 0. The second-order valence-electron chi connectivity index (χ2n) is 9.04. The zero-order valence-electron chi connectivity index (χ0n) is 24.7. The van der Waals surface area contributed by atoms with E-state index in [9.17, 15) is 38.4 Å². The fourth-order valence-electron chi connectivity index (χ4n) is 3.55. The number of nitrogens with two attached hydrogens (primary N) is 1. The van der Waals surface area contributed by atoms with Crippen LogP contribution < -0.4 is 11.1 Å². The van der Waals surface area contributed by atoms with Crippen LogP contribution in [-0.2, 0) is 52.5 Å². The molecule has 16 nitrogen and oxygen atoms in total. The van der Waals surface area contributed by atoms with Crippen LogP contribution >= 0.6 is 67.8 Å². The van der Waals surface area contributed by atoms with Gasteiger partial charge in [-0.3, -0.25) is 38.4 Å². The minimum Gasteiger partial charge on any atom is -0.462 e. The number of ether oxygens (including phenoxy) is 5. The summed E-state index contributed by atoms with van der Waals surface area (Å²) < 4.78 is 25.7. The summed E-state index contributed by atoms with van der Waals surface area (Å²) in [4.78, 5) is 98.4. The van der Waals surface area contributed by atoms with E-state index < -0.39 is 92.7 Å². The lowest BCUT2D eigenvalue weighted by Gasteiger charge is -2.31. The highest BCUT2D eigenvalue weighted by Crippen LogP contribution is 2.36. The molecule has 0 aliphatic carbocycles. The van der Waals surface area contributed by atoms with Gasteiger partial charge in [0.15, 0.2) is 18.8 Å². The number of hydrogen-bond acceptors (Lipinski definition) is 13. The van der Waals surface area contributed by atoms with Crippen molar-refractivity contribution in [1.82, 2.24) is 4.90 Å². The molecule has 19 heteroatoms. The van der Waals surface area contributed by atoms with E-state index in [1.807, 2.05) is 0 Å². The third kappa shape index (κ3) is 13.6. The van der Waals surface area contributed by atoms with Crippen LogP contribution in [-0.4, -0.2) is 97.6 Å². The fourth-order valence-corrected chi connectivity index (χ4v) is 7.98. The third-order valence-corrected chi connectivity index (χ3v) is 8.43. The topological polar surface area (TPSA) is 224 Å². The van der Waals surface area contributed by atoms with Gasteiger partial charge in [-0.15, -0.1) is 0 Å². The SMILES string of the molecule is CC(=O)OCC(=O)Nc1c(I)c(C(N)=O)c(I)c(C(=O)N(CC(COC(C)=O)OC(C)=O)CC(COC(C)=O)OC(C)=O)c1I. The summed E-state index contributed by atoms with van der Waals surface area (Å²) in [5, 5.41) is 2.52. The predicted molar refractivity (Wildman–Crippen MR) is 179 cm³/mol. The quantitative estimate of drug-likeness (QED) is 0.145. The number of rotatable bonds is 15. The number of carbonyl (C=O) groups excluding carboxylic acids is 8. The third-order valence-electron chi connectivity index (χ3n) is 5.19. The lowest BCUT2D eigenvalue weighted by Crippen LogP contribution is -2.47. The van der Waals surface area contributed by atoms with E-state index in [2.05, 4.69) is 5.32 Å². The molecule has 3 amide bonds. The minimum absolute atomic E-state index is 0.0127. The molecule has 2 unspecified atom stereocenters. The van der Waals surface area contributed by atoms with Crippen molar-refractivity contribution in [2.24, 2.45) is 5.73 Å². The number of esters is 5. The number of carbonyl (C=O) groups is 8. The van der Waals surface area contributed by atoms with Crippen LogP contribution in [0.1, 0.15) is 55.3 Å². The highest BCUT2D eigenvalue weighted by atomic mass is 127. The van der Waals surface area contributed by atoms with Crippen molar-refractivity contribution in [1.29, 1.82) is 0 Å². The lowest BCUT2D eigenvalue weighted by molar-refractivity contribution is -0.159. The standard InChI is InChI=1S/C26H30I3N3O13/c1-11(33)41-8-16(44-14(4)36)6-32(7-17(45-15(5)37)9-42-12(2)34)26(40)20-21(27)19(25(30)39)22(28)24(23(20)29)31-18(38)10-43-13(3)35/h16-17H,6-10H2,1-5H3,(H2,30,39)(H,31,38).